The Morgan fingerprint density at radius 3 is 2.30 bits per heavy atom. The van der Waals surface area contributed by atoms with E-state index in [0.29, 0.717) is 5.56 Å². The molecule has 0 fully saturated rings. The van der Waals surface area contributed by atoms with E-state index in [1.165, 1.54) is 12.1 Å². The van der Waals surface area contributed by atoms with Crippen LogP contribution in [-0.4, -0.2) is 0 Å². The number of thioether (sulfide) groups is 1. The lowest BCUT2D eigenvalue weighted by atomic mass is 10.1. The van der Waals surface area contributed by atoms with E-state index in [-0.39, 0.29) is 21.9 Å². The number of nitrogens with zero attached hydrogens (tertiary/aromatic N) is 1. The summed E-state index contributed by atoms with van der Waals surface area (Å²) in [4.78, 5) is -0.179. The van der Waals surface area contributed by atoms with Crippen LogP contribution in [0.25, 0.3) is 0 Å². The maximum atomic E-state index is 13.6. The standard InChI is InChI=1S/C14H9F3N2S/c15-10-2-8(6-18)1-9(3-10)7-20-14-12(16)4-11(19)5-13(14)17/h1-5H,7,19H2. The molecule has 2 nitrogen and oxygen atoms in total. The highest BCUT2D eigenvalue weighted by Crippen LogP contribution is 2.30. The summed E-state index contributed by atoms with van der Waals surface area (Å²) in [6.45, 7) is 0. The fourth-order valence-electron chi connectivity index (χ4n) is 1.67. The Labute approximate surface area is 118 Å². The highest BCUT2D eigenvalue weighted by atomic mass is 32.2. The third kappa shape index (κ3) is 3.25. The second-order valence-corrected chi connectivity index (χ2v) is 5.05. The molecule has 2 aromatic rings. The number of nitriles is 1. The highest BCUT2D eigenvalue weighted by molar-refractivity contribution is 7.98. The van der Waals surface area contributed by atoms with E-state index < -0.39 is 17.5 Å². The van der Waals surface area contributed by atoms with Crippen molar-refractivity contribution in [2.75, 3.05) is 5.73 Å². The van der Waals surface area contributed by atoms with Gasteiger partial charge >= 0.3 is 0 Å². The zero-order chi connectivity index (χ0) is 14.7. The van der Waals surface area contributed by atoms with E-state index >= 15 is 0 Å². The molecule has 2 N–H and O–H groups in total. The molecule has 2 rings (SSSR count). The molecule has 0 aromatic heterocycles. The van der Waals surface area contributed by atoms with Crippen LogP contribution < -0.4 is 5.73 Å². The smallest absolute Gasteiger partial charge is 0.141 e. The van der Waals surface area contributed by atoms with Crippen LogP contribution in [0.5, 0.6) is 0 Å². The second-order valence-electron chi connectivity index (χ2n) is 4.06. The Balaban J connectivity index is 2.21. The molecule has 0 radical (unpaired) electrons. The van der Waals surface area contributed by atoms with Gasteiger partial charge in [0.25, 0.3) is 0 Å². The summed E-state index contributed by atoms with van der Waals surface area (Å²) in [6.07, 6.45) is 0. The molecule has 0 aliphatic carbocycles. The fraction of sp³-hybridized carbons (Fsp3) is 0.0714. The maximum Gasteiger partial charge on any atom is 0.141 e. The van der Waals surface area contributed by atoms with Crippen molar-refractivity contribution in [3.8, 4) is 6.07 Å². The minimum atomic E-state index is -0.760. The minimum absolute atomic E-state index is 0.00173. The van der Waals surface area contributed by atoms with Gasteiger partial charge in [0, 0.05) is 11.4 Å². The average Bonchev–Trinajstić information content (AvgIpc) is 2.36. The van der Waals surface area contributed by atoms with Gasteiger partial charge in [0.15, 0.2) is 0 Å². The predicted molar refractivity (Wildman–Crippen MR) is 71.4 cm³/mol. The van der Waals surface area contributed by atoms with Crippen LogP contribution in [0.2, 0.25) is 0 Å². The molecule has 0 atom stereocenters. The first kappa shape index (κ1) is 14.3. The average molecular weight is 294 g/mol. The zero-order valence-electron chi connectivity index (χ0n) is 10.2. The molecule has 0 heterocycles. The Morgan fingerprint density at radius 1 is 1.05 bits per heavy atom. The predicted octanol–water partition coefficient (Wildman–Crippen LogP) is 3.85. The van der Waals surface area contributed by atoms with E-state index in [0.717, 1.165) is 30.0 Å². The molecule has 0 aliphatic heterocycles. The summed E-state index contributed by atoms with van der Waals surface area (Å²) in [5, 5.41) is 8.73. The van der Waals surface area contributed by atoms with Gasteiger partial charge in [-0.05, 0) is 35.9 Å². The van der Waals surface area contributed by atoms with Crippen molar-refractivity contribution in [3.05, 3.63) is 58.9 Å². The van der Waals surface area contributed by atoms with Crippen molar-refractivity contribution in [1.82, 2.24) is 0 Å². The van der Waals surface area contributed by atoms with E-state index in [1.54, 1.807) is 0 Å². The van der Waals surface area contributed by atoms with Gasteiger partial charge in [-0.15, -0.1) is 11.8 Å². The Bertz CT molecular complexity index is 672. The Morgan fingerprint density at radius 2 is 1.70 bits per heavy atom. The molecule has 0 aliphatic rings. The van der Waals surface area contributed by atoms with Crippen LogP contribution in [0.3, 0.4) is 0 Å². The van der Waals surface area contributed by atoms with E-state index in [1.807, 2.05) is 6.07 Å². The molecule has 0 unspecified atom stereocenters. The lowest BCUT2D eigenvalue weighted by molar-refractivity contribution is 0.542. The van der Waals surface area contributed by atoms with Gasteiger partial charge in [-0.25, -0.2) is 13.2 Å². The number of hydrogen-bond acceptors (Lipinski definition) is 3. The summed E-state index contributed by atoms with van der Waals surface area (Å²) >= 11 is 0.882. The lowest BCUT2D eigenvalue weighted by Gasteiger charge is -2.06. The van der Waals surface area contributed by atoms with Crippen molar-refractivity contribution in [1.29, 1.82) is 5.26 Å². The Hall–Kier alpha value is -2.13. The number of nitrogen functional groups attached to an aromatic ring is 1. The largest absolute Gasteiger partial charge is 0.399 e. The summed E-state index contributed by atoms with van der Waals surface area (Å²) < 4.78 is 40.4. The molecule has 0 saturated heterocycles. The van der Waals surface area contributed by atoms with Crippen molar-refractivity contribution < 1.29 is 13.2 Å². The molecule has 20 heavy (non-hydrogen) atoms. The fourth-order valence-corrected chi connectivity index (χ4v) is 2.54. The van der Waals surface area contributed by atoms with Gasteiger partial charge in [-0.3, -0.25) is 0 Å². The summed E-state index contributed by atoms with van der Waals surface area (Å²) in [5.41, 5.74) is 5.96. The van der Waals surface area contributed by atoms with Gasteiger partial charge in [-0.1, -0.05) is 0 Å². The normalized spacial score (nSPS) is 10.3. The zero-order valence-corrected chi connectivity index (χ0v) is 11.0. The van der Waals surface area contributed by atoms with Crippen LogP contribution in [0.15, 0.2) is 35.2 Å². The molecule has 0 spiro atoms. The summed E-state index contributed by atoms with van der Waals surface area (Å²) in [6, 6.07) is 7.67. The first-order valence-electron chi connectivity index (χ1n) is 5.56. The van der Waals surface area contributed by atoms with E-state index in [9.17, 15) is 13.2 Å². The number of benzene rings is 2. The Kier molecular flexibility index (Phi) is 4.20. The topological polar surface area (TPSA) is 49.8 Å². The summed E-state index contributed by atoms with van der Waals surface area (Å²) in [7, 11) is 0. The van der Waals surface area contributed by atoms with Crippen LogP contribution >= 0.6 is 11.8 Å². The number of rotatable bonds is 3. The van der Waals surface area contributed by atoms with Gasteiger partial charge < -0.3 is 5.73 Å². The third-order valence-electron chi connectivity index (χ3n) is 2.49. The highest BCUT2D eigenvalue weighted by Gasteiger charge is 2.11. The number of hydrogen-bond donors (Lipinski definition) is 1. The number of anilines is 1. The molecule has 102 valence electrons. The maximum absolute atomic E-state index is 13.6. The van der Waals surface area contributed by atoms with Crippen LogP contribution in [0.4, 0.5) is 18.9 Å². The molecule has 2 aromatic carbocycles. The van der Waals surface area contributed by atoms with E-state index in [4.69, 9.17) is 11.0 Å². The lowest BCUT2D eigenvalue weighted by Crippen LogP contribution is -1.94. The molecule has 6 heteroatoms. The van der Waals surface area contributed by atoms with Gasteiger partial charge in [0.2, 0.25) is 0 Å². The SMILES string of the molecule is N#Cc1cc(F)cc(CSc2c(F)cc(N)cc2F)c1. The second kappa shape index (κ2) is 5.88. The van der Waals surface area contributed by atoms with Crippen molar-refractivity contribution >= 4 is 17.4 Å². The van der Waals surface area contributed by atoms with Gasteiger partial charge in [-0.2, -0.15) is 5.26 Å². The van der Waals surface area contributed by atoms with Gasteiger partial charge in [0.05, 0.1) is 16.5 Å². The molecule has 0 amide bonds. The monoisotopic (exact) mass is 294 g/mol. The van der Waals surface area contributed by atoms with Gasteiger partial charge in [0.1, 0.15) is 17.5 Å². The summed E-state index contributed by atoms with van der Waals surface area (Å²) in [5.74, 6) is -1.93. The quantitative estimate of drug-likeness (QED) is 0.691. The van der Waals surface area contributed by atoms with Crippen LogP contribution in [0, 0.1) is 28.8 Å². The van der Waals surface area contributed by atoms with E-state index in [2.05, 4.69) is 0 Å². The third-order valence-corrected chi connectivity index (χ3v) is 3.65. The van der Waals surface area contributed by atoms with Crippen molar-refractivity contribution in [2.45, 2.75) is 10.6 Å². The number of halogens is 3. The first-order chi connectivity index (χ1) is 9.49. The molecular formula is C14H9F3N2S. The van der Waals surface area contributed by atoms with Crippen molar-refractivity contribution in [2.24, 2.45) is 0 Å². The van der Waals surface area contributed by atoms with Crippen LogP contribution in [0.1, 0.15) is 11.1 Å². The molecule has 0 saturated carbocycles. The molecule has 0 bridgehead atoms. The minimum Gasteiger partial charge on any atom is -0.399 e. The first-order valence-corrected chi connectivity index (χ1v) is 6.55. The van der Waals surface area contributed by atoms with Crippen LogP contribution in [-0.2, 0) is 5.75 Å². The van der Waals surface area contributed by atoms with Crippen molar-refractivity contribution in [3.63, 3.8) is 0 Å². The number of nitrogens with two attached hydrogens (primary N) is 1. The molecular weight excluding hydrogens is 285 g/mol.